The minimum Gasteiger partial charge on any atom is -0.246 e. The molecule has 0 aliphatic carbocycles. The topological polar surface area (TPSA) is 12.9 Å². The van der Waals surface area contributed by atoms with E-state index in [4.69, 9.17) is 4.98 Å². The van der Waals surface area contributed by atoms with Crippen LogP contribution in [0, 0.1) is 0 Å². The molecule has 0 saturated heterocycles. The molecule has 7 rings (SSSR count). The van der Waals surface area contributed by atoms with Gasteiger partial charge in [0.05, 0.1) is 21.1 Å². The normalized spacial score (nSPS) is 11.0. The van der Waals surface area contributed by atoms with Gasteiger partial charge in [0.25, 0.3) is 0 Å². The Balaban J connectivity index is 1.40. The number of benzene rings is 4. The average Bonchev–Trinajstić information content (AvgIpc) is 3.69. The van der Waals surface area contributed by atoms with Crippen molar-refractivity contribution in [2.45, 2.75) is 0 Å². The van der Waals surface area contributed by atoms with E-state index in [0.29, 0.717) is 0 Å². The van der Waals surface area contributed by atoms with Crippen molar-refractivity contribution < 1.29 is 0 Å². The van der Waals surface area contributed by atoms with Gasteiger partial charge in [-0.1, -0.05) is 127 Å². The number of hydrogen-bond donors (Lipinski definition) is 0. The Hall–Kier alpha value is -4.57. The highest BCUT2D eigenvalue weighted by atomic mass is 32.1. The summed E-state index contributed by atoms with van der Waals surface area (Å²) in [7, 11) is 0. The van der Waals surface area contributed by atoms with Gasteiger partial charge in [0, 0.05) is 22.3 Å². The van der Waals surface area contributed by atoms with Gasteiger partial charge in [-0.3, -0.25) is 0 Å². The molecular weight excluding hydrogens is 523 g/mol. The number of hydrogen-bond acceptors (Lipinski definition) is 3. The highest BCUT2D eigenvalue weighted by Gasteiger charge is 2.21. The molecule has 0 spiro atoms. The minimum absolute atomic E-state index is 0.997. The highest BCUT2D eigenvalue weighted by Crippen LogP contribution is 2.47. The van der Waals surface area contributed by atoms with Gasteiger partial charge < -0.3 is 0 Å². The Morgan fingerprint density at radius 1 is 0.350 bits per heavy atom. The Morgan fingerprint density at radius 2 is 0.700 bits per heavy atom. The third-order valence-corrected chi connectivity index (χ3v) is 9.10. The molecule has 0 fully saturated rings. The van der Waals surface area contributed by atoms with Crippen LogP contribution in [-0.2, 0) is 0 Å². The molecule has 0 aliphatic heterocycles. The summed E-state index contributed by atoms with van der Waals surface area (Å²) >= 11 is 3.53. The quantitative estimate of drug-likeness (QED) is 0.202. The van der Waals surface area contributed by atoms with Crippen LogP contribution < -0.4 is 0 Å². The van der Waals surface area contributed by atoms with Gasteiger partial charge in [-0.2, -0.15) is 0 Å². The summed E-state index contributed by atoms with van der Waals surface area (Å²) in [5, 5.41) is 4.55. The predicted molar refractivity (Wildman–Crippen MR) is 173 cm³/mol. The second-order valence-corrected chi connectivity index (χ2v) is 11.3. The van der Waals surface area contributed by atoms with Crippen molar-refractivity contribution in [3.8, 4) is 65.6 Å². The molecule has 0 atom stereocenters. The Kier molecular flexibility index (Phi) is 6.66. The van der Waals surface area contributed by atoms with E-state index in [2.05, 4.69) is 150 Å². The Labute approximate surface area is 242 Å². The van der Waals surface area contributed by atoms with Crippen LogP contribution in [0.5, 0.6) is 0 Å². The number of thiophene rings is 2. The van der Waals surface area contributed by atoms with E-state index in [1.54, 1.807) is 22.7 Å². The number of rotatable bonds is 6. The molecule has 3 heteroatoms. The van der Waals surface area contributed by atoms with Gasteiger partial charge in [-0.25, -0.2) is 4.98 Å². The van der Waals surface area contributed by atoms with Gasteiger partial charge in [0.2, 0.25) is 0 Å². The summed E-state index contributed by atoms with van der Waals surface area (Å²) in [5.74, 6) is 0. The Bertz CT molecular complexity index is 1730. The second kappa shape index (κ2) is 10.9. The molecule has 4 aromatic carbocycles. The first-order valence-corrected chi connectivity index (χ1v) is 15.1. The van der Waals surface area contributed by atoms with Crippen molar-refractivity contribution in [2.24, 2.45) is 0 Å². The van der Waals surface area contributed by atoms with Crippen molar-refractivity contribution in [3.63, 3.8) is 0 Å². The fourth-order valence-corrected chi connectivity index (χ4v) is 7.36. The highest BCUT2D eigenvalue weighted by molar-refractivity contribution is 7.15. The van der Waals surface area contributed by atoms with Gasteiger partial charge in [-0.15, -0.1) is 22.7 Å². The van der Waals surface area contributed by atoms with Crippen LogP contribution in [0.25, 0.3) is 65.6 Å². The van der Waals surface area contributed by atoms with Crippen molar-refractivity contribution in [1.29, 1.82) is 0 Å². The van der Waals surface area contributed by atoms with Crippen molar-refractivity contribution >= 4 is 22.7 Å². The summed E-state index contributed by atoms with van der Waals surface area (Å²) in [6.07, 6.45) is 0. The van der Waals surface area contributed by atoms with Gasteiger partial charge in [-0.05, 0) is 45.1 Å². The molecule has 3 heterocycles. The molecule has 7 aromatic rings. The van der Waals surface area contributed by atoms with E-state index in [1.807, 2.05) is 0 Å². The van der Waals surface area contributed by atoms with Crippen LogP contribution in [0.3, 0.4) is 0 Å². The number of nitrogens with zero attached hydrogens (tertiary/aromatic N) is 1. The second-order valence-electron chi connectivity index (χ2n) is 9.58. The monoisotopic (exact) mass is 547 g/mol. The van der Waals surface area contributed by atoms with E-state index in [0.717, 1.165) is 11.4 Å². The van der Waals surface area contributed by atoms with E-state index < -0.39 is 0 Å². The smallest absolute Gasteiger partial charge is 0.0816 e. The maximum atomic E-state index is 5.32. The number of aromatic nitrogens is 1. The lowest BCUT2D eigenvalue weighted by atomic mass is 9.95. The average molecular weight is 548 g/mol. The lowest BCUT2D eigenvalue weighted by molar-refractivity contribution is 1.35. The van der Waals surface area contributed by atoms with E-state index >= 15 is 0 Å². The molecule has 40 heavy (non-hydrogen) atoms. The van der Waals surface area contributed by atoms with Gasteiger partial charge in [0.15, 0.2) is 0 Å². The minimum atomic E-state index is 0.997. The molecule has 190 valence electrons. The van der Waals surface area contributed by atoms with Crippen LogP contribution >= 0.6 is 22.7 Å². The zero-order valence-corrected chi connectivity index (χ0v) is 23.3. The molecule has 0 N–H and O–H groups in total. The lowest BCUT2D eigenvalue weighted by Gasteiger charge is -2.11. The van der Waals surface area contributed by atoms with Crippen LogP contribution in [0.1, 0.15) is 0 Å². The maximum absolute atomic E-state index is 5.32. The van der Waals surface area contributed by atoms with Crippen LogP contribution in [0.2, 0.25) is 0 Å². The summed E-state index contributed by atoms with van der Waals surface area (Å²) in [6, 6.07) is 49.1. The third-order valence-electron chi connectivity index (χ3n) is 7.09. The zero-order chi connectivity index (χ0) is 26.7. The standard InChI is InChI=1S/C37H25NS2/c1-5-14-26(15-6-1)30-24-39-36(34(30)28-18-9-3-10-19-28)32-22-13-23-33(38-32)37-35(29-20-11-4-12-21-29)31(25-40-37)27-16-7-2-8-17-27/h1-25H. The SMILES string of the molecule is c1ccc(-c2csc(-c3cccc(-c4scc(-c5ccccc5)c4-c4ccccc4)n3)c2-c2ccccc2)cc1. The lowest BCUT2D eigenvalue weighted by Crippen LogP contribution is -1.90. The van der Waals surface area contributed by atoms with Crippen LogP contribution in [0.15, 0.2) is 150 Å². The van der Waals surface area contributed by atoms with Crippen molar-refractivity contribution in [3.05, 3.63) is 150 Å². The number of pyridine rings is 1. The summed E-state index contributed by atoms with van der Waals surface area (Å²) in [4.78, 5) is 7.70. The van der Waals surface area contributed by atoms with Crippen LogP contribution in [-0.4, -0.2) is 4.98 Å². The summed E-state index contributed by atoms with van der Waals surface area (Å²) < 4.78 is 0. The maximum Gasteiger partial charge on any atom is 0.0816 e. The molecular formula is C37H25NS2. The van der Waals surface area contributed by atoms with Crippen molar-refractivity contribution in [2.75, 3.05) is 0 Å². The molecule has 0 aliphatic rings. The van der Waals surface area contributed by atoms with E-state index in [9.17, 15) is 0 Å². The van der Waals surface area contributed by atoms with E-state index in [1.165, 1.54) is 54.3 Å². The zero-order valence-electron chi connectivity index (χ0n) is 21.7. The fraction of sp³-hybridized carbons (Fsp3) is 0. The first-order valence-electron chi connectivity index (χ1n) is 13.3. The summed E-state index contributed by atoms with van der Waals surface area (Å²) in [6.45, 7) is 0. The largest absolute Gasteiger partial charge is 0.246 e. The first kappa shape index (κ1) is 24.5. The molecule has 0 saturated carbocycles. The van der Waals surface area contributed by atoms with Crippen LogP contribution in [0.4, 0.5) is 0 Å². The molecule has 0 unspecified atom stereocenters. The molecule has 3 aromatic heterocycles. The first-order chi connectivity index (χ1) is 19.9. The summed E-state index contributed by atoms with van der Waals surface area (Å²) in [5.41, 5.74) is 11.8. The predicted octanol–water partition coefficient (Wildman–Crippen LogP) is 11.2. The van der Waals surface area contributed by atoms with Gasteiger partial charge in [0.1, 0.15) is 0 Å². The molecule has 0 amide bonds. The van der Waals surface area contributed by atoms with Crippen molar-refractivity contribution in [1.82, 2.24) is 4.98 Å². The molecule has 0 radical (unpaired) electrons. The van der Waals surface area contributed by atoms with E-state index in [-0.39, 0.29) is 0 Å². The molecule has 0 bridgehead atoms. The van der Waals surface area contributed by atoms with Gasteiger partial charge >= 0.3 is 0 Å². The Morgan fingerprint density at radius 3 is 1.07 bits per heavy atom. The third kappa shape index (κ3) is 4.60. The fourth-order valence-electron chi connectivity index (χ4n) is 5.22. The molecule has 1 nitrogen and oxygen atoms in total.